The second kappa shape index (κ2) is 13.8. The van der Waals surface area contributed by atoms with Gasteiger partial charge in [0, 0.05) is 70.3 Å². The number of aryl methyl sites for hydroxylation is 1. The lowest BCUT2D eigenvalue weighted by molar-refractivity contribution is -0.143. The number of rotatable bonds is 5. The maximum Gasteiger partial charge on any atom is 0.410 e. The summed E-state index contributed by atoms with van der Waals surface area (Å²) in [5, 5.41) is 2.33. The van der Waals surface area contributed by atoms with Crippen LogP contribution in [-0.4, -0.2) is 111 Å². The molecule has 13 heteroatoms. The lowest BCUT2D eigenvalue weighted by Crippen LogP contribution is -2.56. The van der Waals surface area contributed by atoms with Crippen LogP contribution < -0.4 is 11.0 Å². The Morgan fingerprint density at radius 1 is 0.938 bits per heavy atom. The summed E-state index contributed by atoms with van der Waals surface area (Å²) < 4.78 is 14.5. The van der Waals surface area contributed by atoms with E-state index in [0.717, 1.165) is 44.3 Å². The van der Waals surface area contributed by atoms with Crippen LogP contribution in [0.3, 0.4) is 0 Å². The van der Waals surface area contributed by atoms with Crippen LogP contribution in [0.4, 0.5) is 4.79 Å². The molecule has 2 aromatic rings. The van der Waals surface area contributed by atoms with Gasteiger partial charge in [-0.3, -0.25) is 28.8 Å². The van der Waals surface area contributed by atoms with E-state index in [9.17, 15) is 24.0 Å². The molecule has 258 valence electrons. The number of nitrogens with one attached hydrogen (secondary N) is 1. The number of carbonyl (C=O) groups excluding carboxylic acids is 4. The Balaban J connectivity index is 0.920. The van der Waals surface area contributed by atoms with E-state index in [0.29, 0.717) is 56.3 Å². The molecule has 3 aliphatic heterocycles. The van der Waals surface area contributed by atoms with E-state index in [1.54, 1.807) is 18.0 Å². The van der Waals surface area contributed by atoms with Gasteiger partial charge in [-0.15, -0.1) is 0 Å². The molecule has 0 radical (unpaired) electrons. The first-order valence-corrected chi connectivity index (χ1v) is 17.0. The second-order valence-electron chi connectivity index (χ2n) is 14.3. The molecule has 1 atom stereocenters. The molecule has 1 N–H and O–H groups in total. The molecule has 4 heterocycles. The van der Waals surface area contributed by atoms with Gasteiger partial charge in [0.2, 0.25) is 17.7 Å². The van der Waals surface area contributed by atoms with E-state index in [1.807, 2.05) is 37.8 Å². The van der Waals surface area contributed by atoms with Crippen molar-refractivity contribution in [2.24, 2.45) is 13.0 Å². The van der Waals surface area contributed by atoms with Gasteiger partial charge in [-0.25, -0.2) is 9.59 Å². The molecule has 0 unspecified atom stereocenters. The zero-order valence-corrected chi connectivity index (χ0v) is 28.3. The molecule has 1 saturated carbocycles. The fourth-order valence-electron chi connectivity index (χ4n) is 7.16. The number of aromatic nitrogens is 2. The van der Waals surface area contributed by atoms with Crippen molar-refractivity contribution in [3.05, 3.63) is 34.2 Å². The first kappa shape index (κ1) is 33.7. The monoisotopic (exact) mass is 662 g/mol. The molecule has 4 amide bonds. The topological polar surface area (TPSA) is 135 Å². The summed E-state index contributed by atoms with van der Waals surface area (Å²) in [5.74, 6) is 5.73. The Hall–Kier alpha value is -4.15. The summed E-state index contributed by atoms with van der Waals surface area (Å²) in [5.41, 5.74) is 1.21. The number of benzene rings is 1. The van der Waals surface area contributed by atoms with Crippen LogP contribution in [0, 0.1) is 17.8 Å². The van der Waals surface area contributed by atoms with Crippen molar-refractivity contribution in [3.8, 4) is 11.8 Å². The van der Waals surface area contributed by atoms with Crippen molar-refractivity contribution in [3.63, 3.8) is 0 Å². The van der Waals surface area contributed by atoms with Crippen LogP contribution >= 0.6 is 0 Å². The molecule has 1 aromatic carbocycles. The number of amides is 4. The number of imide groups is 1. The van der Waals surface area contributed by atoms with Gasteiger partial charge in [0.25, 0.3) is 0 Å². The molecule has 3 saturated heterocycles. The first-order valence-electron chi connectivity index (χ1n) is 17.0. The zero-order chi connectivity index (χ0) is 34.2. The number of ether oxygens (including phenoxy) is 2. The predicted octanol–water partition coefficient (Wildman–Crippen LogP) is 2.01. The highest BCUT2D eigenvalue weighted by Gasteiger charge is 2.41. The quantitative estimate of drug-likeness (QED) is 0.380. The number of piperazine rings is 1. The standard InChI is InChI=1S/C35H46N6O7/c1-35(2,3)48-34(46)40-17-15-39(16-18-40)32(44)24-21-25(22-24)38-13-11-26(12-14-38)47-19-5-6-23-7-8-27-29(20-23)37(4)33(45)41(27)28-9-10-30(42)36-31(28)43/h7-8,20,24-26,28H,9-19,21-22H2,1-4H3,(H,36,42,43)/t24?,25?,28-/m1/s1. The fourth-order valence-corrected chi connectivity index (χ4v) is 7.16. The largest absolute Gasteiger partial charge is 0.444 e. The first-order chi connectivity index (χ1) is 22.9. The Kier molecular flexibility index (Phi) is 9.67. The average molecular weight is 663 g/mol. The molecule has 4 fully saturated rings. The van der Waals surface area contributed by atoms with Gasteiger partial charge in [-0.1, -0.05) is 11.8 Å². The summed E-state index contributed by atoms with van der Waals surface area (Å²) in [4.78, 5) is 68.5. The number of nitrogens with zero attached hydrogens (tertiary/aromatic N) is 5. The minimum absolute atomic E-state index is 0.0601. The Labute approximate surface area is 280 Å². The van der Waals surface area contributed by atoms with Gasteiger partial charge in [-0.2, -0.15) is 0 Å². The van der Waals surface area contributed by atoms with E-state index in [2.05, 4.69) is 22.1 Å². The van der Waals surface area contributed by atoms with Crippen LogP contribution in [0.2, 0.25) is 0 Å². The third kappa shape index (κ3) is 7.29. The van der Waals surface area contributed by atoms with E-state index in [4.69, 9.17) is 9.47 Å². The van der Waals surface area contributed by atoms with Gasteiger partial charge in [-0.05, 0) is 71.1 Å². The normalized spacial score (nSPS) is 24.1. The van der Waals surface area contributed by atoms with Crippen LogP contribution in [0.1, 0.15) is 70.9 Å². The summed E-state index contributed by atoms with van der Waals surface area (Å²) in [6.45, 7) is 9.86. The molecular formula is C35H46N6O7. The molecule has 1 aliphatic carbocycles. The van der Waals surface area contributed by atoms with Crippen LogP contribution in [-0.2, 0) is 30.9 Å². The Morgan fingerprint density at radius 2 is 1.62 bits per heavy atom. The minimum Gasteiger partial charge on any atom is -0.444 e. The highest BCUT2D eigenvalue weighted by molar-refractivity contribution is 6.00. The molecule has 13 nitrogen and oxygen atoms in total. The molecule has 1 aromatic heterocycles. The number of likely N-dealkylation sites (tertiary alicyclic amines) is 1. The van der Waals surface area contributed by atoms with Crippen molar-refractivity contribution in [2.75, 3.05) is 45.9 Å². The van der Waals surface area contributed by atoms with Gasteiger partial charge in [0.15, 0.2) is 0 Å². The SMILES string of the molecule is Cn1c(=O)n([C@@H]2CCC(=O)NC2=O)c2ccc(C#CCOC3CCN(C4CC(C(=O)N5CCN(C(=O)OC(C)(C)C)CC5)C4)CC3)cc21. The molecule has 0 bridgehead atoms. The van der Waals surface area contributed by atoms with Crippen molar-refractivity contribution in [2.45, 2.75) is 83.1 Å². The third-order valence-electron chi connectivity index (χ3n) is 9.93. The Morgan fingerprint density at radius 3 is 2.29 bits per heavy atom. The van der Waals surface area contributed by atoms with Crippen LogP contribution in [0.5, 0.6) is 0 Å². The van der Waals surface area contributed by atoms with Gasteiger partial charge in [0.05, 0.1) is 17.1 Å². The fraction of sp³-hybridized carbons (Fsp3) is 0.629. The van der Waals surface area contributed by atoms with E-state index in [1.165, 1.54) is 9.13 Å². The zero-order valence-electron chi connectivity index (χ0n) is 28.3. The lowest BCUT2D eigenvalue weighted by Gasteiger charge is -2.46. The summed E-state index contributed by atoms with van der Waals surface area (Å²) in [6.07, 6.45) is 3.93. The smallest absolute Gasteiger partial charge is 0.410 e. The molecule has 4 aliphatic rings. The summed E-state index contributed by atoms with van der Waals surface area (Å²) in [7, 11) is 1.67. The highest BCUT2D eigenvalue weighted by Crippen LogP contribution is 2.35. The number of imidazole rings is 1. The molecule has 6 rings (SSSR count). The number of hydrogen-bond donors (Lipinski definition) is 1. The van der Waals surface area contributed by atoms with E-state index < -0.39 is 17.6 Å². The number of fused-ring (bicyclic) bond motifs is 1. The molecular weight excluding hydrogens is 616 g/mol. The average Bonchev–Trinajstić information content (AvgIpc) is 3.27. The lowest BCUT2D eigenvalue weighted by atomic mass is 9.77. The highest BCUT2D eigenvalue weighted by atomic mass is 16.6. The van der Waals surface area contributed by atoms with Gasteiger partial charge in [0.1, 0.15) is 18.2 Å². The van der Waals surface area contributed by atoms with Crippen molar-refractivity contribution >= 4 is 34.8 Å². The number of hydrogen-bond acceptors (Lipinski definition) is 8. The maximum absolute atomic E-state index is 13.1. The van der Waals surface area contributed by atoms with Crippen LogP contribution in [0.15, 0.2) is 23.0 Å². The van der Waals surface area contributed by atoms with Crippen molar-refractivity contribution < 1.29 is 28.7 Å². The van der Waals surface area contributed by atoms with E-state index in [-0.39, 0.29) is 42.0 Å². The minimum atomic E-state index is -0.719. The second-order valence-corrected chi connectivity index (χ2v) is 14.3. The summed E-state index contributed by atoms with van der Waals surface area (Å²) in [6, 6.07) is 5.18. The third-order valence-corrected chi connectivity index (χ3v) is 9.93. The molecule has 48 heavy (non-hydrogen) atoms. The number of piperidine rings is 2. The van der Waals surface area contributed by atoms with Crippen molar-refractivity contribution in [1.82, 2.24) is 29.2 Å². The van der Waals surface area contributed by atoms with Crippen molar-refractivity contribution in [1.29, 1.82) is 0 Å². The predicted molar refractivity (Wildman–Crippen MR) is 177 cm³/mol. The molecule has 0 spiro atoms. The maximum atomic E-state index is 13.1. The van der Waals surface area contributed by atoms with Gasteiger partial charge >= 0.3 is 11.8 Å². The number of carbonyl (C=O) groups is 4. The van der Waals surface area contributed by atoms with Crippen LogP contribution in [0.25, 0.3) is 11.0 Å². The summed E-state index contributed by atoms with van der Waals surface area (Å²) >= 11 is 0. The van der Waals surface area contributed by atoms with E-state index >= 15 is 0 Å². The van der Waals surface area contributed by atoms with Gasteiger partial charge < -0.3 is 24.2 Å². The Bertz CT molecular complexity index is 1690.